The molecular formula is C15H12BrNO3S. The second-order valence-electron chi connectivity index (χ2n) is 4.35. The molecule has 0 N–H and O–H groups in total. The van der Waals surface area contributed by atoms with E-state index in [4.69, 9.17) is 0 Å². The molecule has 1 amide bonds. The number of Topliss-reactive ketones (excluding diaryl/α,β-unsaturated/α-hetero) is 1. The van der Waals surface area contributed by atoms with Crippen LogP contribution in [-0.4, -0.2) is 22.2 Å². The molecule has 0 bridgehead atoms. The summed E-state index contributed by atoms with van der Waals surface area (Å²) < 4.78 is 16.9. The van der Waals surface area contributed by atoms with Gasteiger partial charge in [0.15, 0.2) is 0 Å². The van der Waals surface area contributed by atoms with Crippen LogP contribution in [0, 0.1) is 0 Å². The highest BCUT2D eigenvalue weighted by atomic mass is 79.9. The van der Waals surface area contributed by atoms with Crippen molar-refractivity contribution in [1.82, 2.24) is 0 Å². The molecule has 1 atom stereocenters. The summed E-state index contributed by atoms with van der Waals surface area (Å²) in [4.78, 5) is 24.2. The van der Waals surface area contributed by atoms with E-state index in [2.05, 4.69) is 20.3 Å². The van der Waals surface area contributed by atoms with Crippen LogP contribution >= 0.6 is 15.9 Å². The number of nitrogens with zero attached hydrogens (tertiary/aromatic N) is 1. The Balaban J connectivity index is 2.33. The third-order valence-electron chi connectivity index (χ3n) is 2.74. The van der Waals surface area contributed by atoms with Crippen molar-refractivity contribution in [2.24, 2.45) is 4.36 Å². The molecule has 0 radical (unpaired) electrons. The van der Waals surface area contributed by atoms with Crippen molar-refractivity contribution >= 4 is 37.3 Å². The van der Waals surface area contributed by atoms with Crippen LogP contribution in [0.2, 0.25) is 0 Å². The summed E-state index contributed by atoms with van der Waals surface area (Å²) in [6.07, 6.45) is 1.34. The van der Waals surface area contributed by atoms with Gasteiger partial charge in [0.2, 0.25) is 0 Å². The van der Waals surface area contributed by atoms with E-state index in [-0.39, 0.29) is 5.56 Å². The fourth-order valence-corrected chi connectivity index (χ4v) is 3.06. The van der Waals surface area contributed by atoms with E-state index in [0.717, 1.165) is 4.47 Å². The highest BCUT2D eigenvalue weighted by Gasteiger charge is 2.18. The predicted octanol–water partition coefficient (Wildman–Crippen LogP) is 3.32. The molecule has 108 valence electrons. The lowest BCUT2D eigenvalue weighted by atomic mass is 10.1. The van der Waals surface area contributed by atoms with Crippen LogP contribution in [0.15, 0.2) is 68.3 Å². The lowest BCUT2D eigenvalue weighted by Crippen LogP contribution is -2.14. The van der Waals surface area contributed by atoms with Crippen molar-refractivity contribution in [3.8, 4) is 0 Å². The Kier molecular flexibility index (Phi) is 4.69. The first-order valence-electron chi connectivity index (χ1n) is 6.01. The minimum absolute atomic E-state index is 0.234. The summed E-state index contributed by atoms with van der Waals surface area (Å²) in [6.45, 7) is 0. The predicted molar refractivity (Wildman–Crippen MR) is 84.7 cm³/mol. The van der Waals surface area contributed by atoms with Gasteiger partial charge in [-0.3, -0.25) is 9.59 Å². The first-order chi connectivity index (χ1) is 9.90. The number of ketones is 1. The fourth-order valence-electron chi connectivity index (χ4n) is 1.65. The van der Waals surface area contributed by atoms with Gasteiger partial charge in [-0.05, 0) is 24.3 Å². The first-order valence-corrected chi connectivity index (χ1v) is 8.73. The Morgan fingerprint density at radius 2 is 1.57 bits per heavy atom. The van der Waals surface area contributed by atoms with Crippen LogP contribution in [0.5, 0.6) is 0 Å². The Labute approximate surface area is 131 Å². The van der Waals surface area contributed by atoms with Crippen molar-refractivity contribution in [3.63, 3.8) is 0 Å². The van der Waals surface area contributed by atoms with Crippen molar-refractivity contribution in [3.05, 3.63) is 64.6 Å². The van der Waals surface area contributed by atoms with Crippen molar-refractivity contribution in [2.75, 3.05) is 6.26 Å². The third-order valence-corrected chi connectivity index (χ3v) is 4.93. The van der Waals surface area contributed by atoms with Crippen LogP contribution in [-0.2, 0) is 14.5 Å². The topological polar surface area (TPSA) is 63.6 Å². The average Bonchev–Trinajstić information content (AvgIpc) is 2.47. The van der Waals surface area contributed by atoms with E-state index in [1.54, 1.807) is 42.5 Å². The number of benzene rings is 2. The molecule has 0 fully saturated rings. The van der Waals surface area contributed by atoms with Gasteiger partial charge in [0.25, 0.3) is 5.78 Å². The van der Waals surface area contributed by atoms with Gasteiger partial charge in [-0.1, -0.05) is 46.3 Å². The van der Waals surface area contributed by atoms with Crippen LogP contribution < -0.4 is 0 Å². The number of rotatable bonds is 3. The monoisotopic (exact) mass is 365 g/mol. The SMILES string of the molecule is CS(=O)(=NC(=O)C(=O)c1ccccc1)c1ccc(Br)cc1. The molecule has 0 aliphatic rings. The summed E-state index contributed by atoms with van der Waals surface area (Å²) in [6, 6.07) is 14.7. The normalized spacial score (nSPS) is 13.2. The summed E-state index contributed by atoms with van der Waals surface area (Å²) in [7, 11) is -2.95. The molecule has 2 aromatic carbocycles. The molecular weight excluding hydrogens is 354 g/mol. The minimum atomic E-state index is -2.95. The molecule has 2 aromatic rings. The molecule has 4 nitrogen and oxygen atoms in total. The molecule has 0 aliphatic carbocycles. The number of halogens is 1. The molecule has 0 heterocycles. The van der Waals surface area contributed by atoms with Gasteiger partial charge >= 0.3 is 5.91 Å². The maximum absolute atomic E-state index is 12.5. The Bertz CT molecular complexity index is 791. The maximum Gasteiger partial charge on any atom is 0.326 e. The van der Waals surface area contributed by atoms with E-state index < -0.39 is 21.4 Å². The van der Waals surface area contributed by atoms with E-state index in [1.165, 1.54) is 18.4 Å². The smallest absolute Gasteiger partial charge is 0.283 e. The van der Waals surface area contributed by atoms with Crippen molar-refractivity contribution in [2.45, 2.75) is 4.90 Å². The molecule has 0 aliphatic heterocycles. The van der Waals surface area contributed by atoms with E-state index >= 15 is 0 Å². The fraction of sp³-hybridized carbons (Fsp3) is 0.0667. The van der Waals surface area contributed by atoms with Gasteiger partial charge in [0.1, 0.15) is 0 Å². The van der Waals surface area contributed by atoms with Gasteiger partial charge in [0.05, 0.1) is 9.73 Å². The quantitative estimate of drug-likeness (QED) is 0.618. The number of carbonyl (C=O) groups is 2. The highest BCUT2D eigenvalue weighted by molar-refractivity contribution is 9.10. The van der Waals surface area contributed by atoms with Crippen LogP contribution in [0.25, 0.3) is 0 Å². The summed E-state index contributed by atoms with van der Waals surface area (Å²) in [5.74, 6) is -1.76. The molecule has 0 spiro atoms. The van der Waals surface area contributed by atoms with E-state index in [1.807, 2.05) is 0 Å². The molecule has 0 aromatic heterocycles. The minimum Gasteiger partial charge on any atom is -0.283 e. The first kappa shape index (κ1) is 15.6. The second kappa shape index (κ2) is 6.32. The number of amides is 1. The van der Waals surface area contributed by atoms with Crippen LogP contribution in [0.1, 0.15) is 10.4 Å². The van der Waals surface area contributed by atoms with Crippen LogP contribution in [0.3, 0.4) is 0 Å². The maximum atomic E-state index is 12.5. The Morgan fingerprint density at radius 1 is 1.00 bits per heavy atom. The number of hydrogen-bond donors (Lipinski definition) is 0. The molecule has 21 heavy (non-hydrogen) atoms. The number of carbonyl (C=O) groups excluding carboxylic acids is 2. The summed E-state index contributed by atoms with van der Waals surface area (Å²) in [5.41, 5.74) is 0.234. The van der Waals surface area contributed by atoms with E-state index in [0.29, 0.717) is 4.90 Å². The standard InChI is InChI=1S/C15H12BrNO3S/c1-21(20,13-9-7-12(16)8-10-13)17-15(19)14(18)11-5-3-2-4-6-11/h2-10H,1H3. The molecule has 6 heteroatoms. The zero-order valence-corrected chi connectivity index (χ0v) is 13.6. The molecule has 2 rings (SSSR count). The van der Waals surface area contributed by atoms with Crippen molar-refractivity contribution < 1.29 is 13.8 Å². The third kappa shape index (κ3) is 3.86. The lowest BCUT2D eigenvalue weighted by Gasteiger charge is -2.04. The molecule has 0 saturated carbocycles. The zero-order valence-electron chi connectivity index (χ0n) is 11.2. The van der Waals surface area contributed by atoms with Gasteiger partial charge in [0, 0.05) is 21.2 Å². The van der Waals surface area contributed by atoms with Gasteiger partial charge < -0.3 is 0 Å². The highest BCUT2D eigenvalue weighted by Crippen LogP contribution is 2.16. The Morgan fingerprint density at radius 3 is 2.14 bits per heavy atom. The van der Waals surface area contributed by atoms with Gasteiger partial charge in [-0.15, -0.1) is 0 Å². The molecule has 0 saturated heterocycles. The molecule has 1 unspecified atom stereocenters. The summed E-state index contributed by atoms with van der Waals surface area (Å²) >= 11 is 3.27. The van der Waals surface area contributed by atoms with Crippen molar-refractivity contribution in [1.29, 1.82) is 0 Å². The zero-order chi connectivity index (χ0) is 15.5. The average molecular weight is 366 g/mol. The second-order valence-corrected chi connectivity index (χ2v) is 7.52. The van der Waals surface area contributed by atoms with Gasteiger partial charge in [-0.25, -0.2) is 4.21 Å². The van der Waals surface area contributed by atoms with E-state index in [9.17, 15) is 13.8 Å². The van der Waals surface area contributed by atoms with Gasteiger partial charge in [-0.2, -0.15) is 4.36 Å². The largest absolute Gasteiger partial charge is 0.326 e. The number of hydrogen-bond acceptors (Lipinski definition) is 3. The van der Waals surface area contributed by atoms with Crippen LogP contribution in [0.4, 0.5) is 0 Å². The summed E-state index contributed by atoms with van der Waals surface area (Å²) in [5, 5.41) is 0. The lowest BCUT2D eigenvalue weighted by molar-refractivity contribution is -0.113. The Hall–Kier alpha value is -1.79.